The quantitative estimate of drug-likeness (QED) is 0.558. The Kier molecular flexibility index (Phi) is 7.68. The SMILES string of the molecule is CC(NC(=O)C(=O)NCCCc1ccc(N2CCCCC2)cc1)c1ccccc1. The molecule has 1 aliphatic rings. The monoisotopic (exact) mass is 393 g/mol. The first-order valence-electron chi connectivity index (χ1n) is 10.6. The molecule has 3 rings (SSSR count). The second-order valence-electron chi connectivity index (χ2n) is 7.68. The maximum Gasteiger partial charge on any atom is 0.309 e. The fourth-order valence-electron chi connectivity index (χ4n) is 3.69. The van der Waals surface area contributed by atoms with E-state index < -0.39 is 11.8 Å². The molecule has 5 nitrogen and oxygen atoms in total. The molecule has 5 heteroatoms. The standard InChI is InChI=1S/C24H31N3O2/c1-19(21-10-4-2-5-11-21)26-24(29)23(28)25-16-8-9-20-12-14-22(15-13-20)27-17-6-3-7-18-27/h2,4-5,10-15,19H,3,6-9,16-18H2,1H3,(H,25,28)(H,26,29). The van der Waals surface area contributed by atoms with E-state index in [1.165, 1.54) is 30.5 Å². The molecule has 1 atom stereocenters. The second-order valence-corrected chi connectivity index (χ2v) is 7.68. The number of benzene rings is 2. The summed E-state index contributed by atoms with van der Waals surface area (Å²) in [5.74, 6) is -1.17. The zero-order chi connectivity index (χ0) is 20.5. The molecule has 1 fully saturated rings. The Morgan fingerprint density at radius 3 is 2.31 bits per heavy atom. The molecule has 154 valence electrons. The summed E-state index contributed by atoms with van der Waals surface area (Å²) in [6.07, 6.45) is 5.57. The van der Waals surface area contributed by atoms with Gasteiger partial charge in [0.05, 0.1) is 6.04 Å². The van der Waals surface area contributed by atoms with E-state index in [4.69, 9.17) is 0 Å². The van der Waals surface area contributed by atoms with E-state index in [-0.39, 0.29) is 6.04 Å². The summed E-state index contributed by atoms with van der Waals surface area (Å²) < 4.78 is 0. The van der Waals surface area contributed by atoms with Crippen LogP contribution in [-0.4, -0.2) is 31.4 Å². The van der Waals surface area contributed by atoms with Gasteiger partial charge in [0.2, 0.25) is 0 Å². The molecule has 0 radical (unpaired) electrons. The van der Waals surface area contributed by atoms with E-state index in [1.54, 1.807) is 0 Å². The van der Waals surface area contributed by atoms with Gasteiger partial charge in [-0.1, -0.05) is 42.5 Å². The first-order valence-corrected chi connectivity index (χ1v) is 10.6. The van der Waals surface area contributed by atoms with Crippen LogP contribution >= 0.6 is 0 Å². The van der Waals surface area contributed by atoms with Crippen molar-refractivity contribution in [2.75, 3.05) is 24.5 Å². The fourth-order valence-corrected chi connectivity index (χ4v) is 3.69. The third-order valence-corrected chi connectivity index (χ3v) is 5.44. The predicted molar refractivity (Wildman–Crippen MR) is 117 cm³/mol. The highest BCUT2D eigenvalue weighted by Crippen LogP contribution is 2.20. The number of aryl methyl sites for hydroxylation is 1. The topological polar surface area (TPSA) is 61.4 Å². The van der Waals surface area contributed by atoms with Gasteiger partial charge in [-0.25, -0.2) is 0 Å². The number of carbonyl (C=O) groups excluding carboxylic acids is 2. The molecule has 29 heavy (non-hydrogen) atoms. The molecule has 1 aliphatic heterocycles. The van der Waals surface area contributed by atoms with Crippen LogP contribution in [0.4, 0.5) is 5.69 Å². The van der Waals surface area contributed by atoms with Crippen molar-refractivity contribution in [3.8, 4) is 0 Å². The number of rotatable bonds is 7. The third kappa shape index (κ3) is 6.34. The van der Waals surface area contributed by atoms with Crippen molar-refractivity contribution in [2.24, 2.45) is 0 Å². The summed E-state index contributed by atoms with van der Waals surface area (Å²) in [6.45, 7) is 4.65. The van der Waals surface area contributed by atoms with Gasteiger partial charge < -0.3 is 15.5 Å². The molecular weight excluding hydrogens is 362 g/mol. The van der Waals surface area contributed by atoms with Gasteiger partial charge in [-0.05, 0) is 62.3 Å². The number of amides is 2. The van der Waals surface area contributed by atoms with Crippen molar-refractivity contribution in [2.45, 2.75) is 45.1 Å². The minimum Gasteiger partial charge on any atom is -0.372 e. The van der Waals surface area contributed by atoms with Gasteiger partial charge in [0.15, 0.2) is 0 Å². The van der Waals surface area contributed by atoms with Gasteiger partial charge in [0.25, 0.3) is 0 Å². The van der Waals surface area contributed by atoms with Gasteiger partial charge in [-0.3, -0.25) is 9.59 Å². The van der Waals surface area contributed by atoms with Crippen molar-refractivity contribution in [3.63, 3.8) is 0 Å². The minimum absolute atomic E-state index is 0.201. The first-order chi connectivity index (χ1) is 14.1. The van der Waals surface area contributed by atoms with Crippen LogP contribution in [0.5, 0.6) is 0 Å². The van der Waals surface area contributed by atoms with Gasteiger partial charge in [0, 0.05) is 25.3 Å². The molecule has 0 spiro atoms. The number of nitrogens with one attached hydrogen (secondary N) is 2. The maximum atomic E-state index is 12.1. The van der Waals surface area contributed by atoms with Crippen LogP contribution < -0.4 is 15.5 Å². The molecule has 0 saturated carbocycles. The molecule has 0 aromatic heterocycles. The smallest absolute Gasteiger partial charge is 0.309 e. The molecule has 2 aromatic rings. The van der Waals surface area contributed by atoms with Gasteiger partial charge in [-0.2, -0.15) is 0 Å². The third-order valence-electron chi connectivity index (χ3n) is 5.44. The Morgan fingerprint density at radius 2 is 1.62 bits per heavy atom. The molecule has 2 N–H and O–H groups in total. The van der Waals surface area contributed by atoms with Crippen LogP contribution in [-0.2, 0) is 16.0 Å². The molecule has 2 amide bonds. The summed E-state index contributed by atoms with van der Waals surface area (Å²) >= 11 is 0. The molecular formula is C24H31N3O2. The first kappa shape index (κ1) is 20.9. The van der Waals surface area contributed by atoms with Crippen LogP contribution in [0.25, 0.3) is 0 Å². The molecule has 1 unspecified atom stereocenters. The summed E-state index contributed by atoms with van der Waals surface area (Å²) in [4.78, 5) is 26.5. The van der Waals surface area contributed by atoms with Crippen molar-refractivity contribution in [1.29, 1.82) is 0 Å². The van der Waals surface area contributed by atoms with Crippen LogP contribution in [0, 0.1) is 0 Å². The lowest BCUT2D eigenvalue weighted by Crippen LogP contribution is -2.41. The molecule has 1 heterocycles. The summed E-state index contributed by atoms with van der Waals surface area (Å²) in [5, 5.41) is 5.45. The number of nitrogens with zero attached hydrogens (tertiary/aromatic N) is 1. The lowest BCUT2D eigenvalue weighted by Gasteiger charge is -2.28. The zero-order valence-corrected chi connectivity index (χ0v) is 17.2. The van der Waals surface area contributed by atoms with E-state index in [0.717, 1.165) is 31.5 Å². The number of piperidine rings is 1. The number of carbonyl (C=O) groups is 2. The molecule has 2 aromatic carbocycles. The van der Waals surface area contributed by atoms with Crippen molar-refractivity contribution < 1.29 is 9.59 Å². The number of hydrogen-bond acceptors (Lipinski definition) is 3. The van der Waals surface area contributed by atoms with Crippen LogP contribution in [0.15, 0.2) is 54.6 Å². The largest absolute Gasteiger partial charge is 0.372 e. The van der Waals surface area contributed by atoms with E-state index in [0.29, 0.717) is 6.54 Å². The summed E-state index contributed by atoms with van der Waals surface area (Å²) in [6, 6.07) is 18.1. The number of hydrogen-bond donors (Lipinski definition) is 2. The highest BCUT2D eigenvalue weighted by molar-refractivity contribution is 6.35. The van der Waals surface area contributed by atoms with E-state index in [9.17, 15) is 9.59 Å². The number of anilines is 1. The lowest BCUT2D eigenvalue weighted by atomic mass is 10.1. The Morgan fingerprint density at radius 1 is 0.931 bits per heavy atom. The fraction of sp³-hybridized carbons (Fsp3) is 0.417. The minimum atomic E-state index is -0.591. The van der Waals surface area contributed by atoms with Gasteiger partial charge >= 0.3 is 11.8 Å². The van der Waals surface area contributed by atoms with E-state index in [1.807, 2.05) is 37.3 Å². The van der Waals surface area contributed by atoms with Crippen LogP contribution in [0.1, 0.15) is 49.8 Å². The van der Waals surface area contributed by atoms with E-state index in [2.05, 4.69) is 39.8 Å². The lowest BCUT2D eigenvalue weighted by molar-refractivity contribution is -0.139. The second kappa shape index (κ2) is 10.6. The highest BCUT2D eigenvalue weighted by atomic mass is 16.2. The normalized spacial score (nSPS) is 14.9. The Balaban J connectivity index is 1.36. The Labute approximate surface area is 173 Å². The van der Waals surface area contributed by atoms with E-state index >= 15 is 0 Å². The van der Waals surface area contributed by atoms with Crippen molar-refractivity contribution >= 4 is 17.5 Å². The molecule has 0 bridgehead atoms. The van der Waals surface area contributed by atoms with Gasteiger partial charge in [-0.15, -0.1) is 0 Å². The van der Waals surface area contributed by atoms with Crippen molar-refractivity contribution in [1.82, 2.24) is 10.6 Å². The zero-order valence-electron chi connectivity index (χ0n) is 17.2. The highest BCUT2D eigenvalue weighted by Gasteiger charge is 2.16. The molecule has 0 aliphatic carbocycles. The van der Waals surface area contributed by atoms with Crippen LogP contribution in [0.3, 0.4) is 0 Å². The Bertz CT molecular complexity index is 784. The average molecular weight is 394 g/mol. The maximum absolute atomic E-state index is 12.1. The summed E-state index contributed by atoms with van der Waals surface area (Å²) in [5.41, 5.74) is 3.52. The average Bonchev–Trinajstić information content (AvgIpc) is 2.78. The predicted octanol–water partition coefficient (Wildman–Crippen LogP) is 3.60. The summed E-state index contributed by atoms with van der Waals surface area (Å²) in [7, 11) is 0. The van der Waals surface area contributed by atoms with Crippen LogP contribution in [0.2, 0.25) is 0 Å². The van der Waals surface area contributed by atoms with Gasteiger partial charge in [0.1, 0.15) is 0 Å². The van der Waals surface area contributed by atoms with Crippen molar-refractivity contribution in [3.05, 3.63) is 65.7 Å². The molecule has 1 saturated heterocycles. The Hall–Kier alpha value is -2.82.